The Kier molecular flexibility index (Phi) is 10.6. The minimum absolute atomic E-state index is 0.00581. The third-order valence-electron chi connectivity index (χ3n) is 16.5. The minimum Gasteiger partial charge on any atom is -0.508 e. The average molecular weight is 890 g/mol. The largest absolute Gasteiger partial charge is 0.508 e. The molecule has 13 heteroatoms. The molecule has 12 nitrogen and oxygen atoms in total. The van der Waals surface area contributed by atoms with Gasteiger partial charge < -0.3 is 39.7 Å². The van der Waals surface area contributed by atoms with Crippen molar-refractivity contribution in [2.75, 3.05) is 88.9 Å². The third-order valence-corrected chi connectivity index (χ3v) is 16.5. The number of hydrogen-bond acceptors (Lipinski definition) is 11. The molecule has 66 heavy (non-hydrogen) atoms. The van der Waals surface area contributed by atoms with E-state index in [9.17, 15) is 9.90 Å². The van der Waals surface area contributed by atoms with Crippen molar-refractivity contribution < 1.29 is 19.0 Å². The zero-order valence-electron chi connectivity index (χ0n) is 38.0. The van der Waals surface area contributed by atoms with Crippen molar-refractivity contribution in [3.05, 3.63) is 77.2 Å². The lowest BCUT2D eigenvalue weighted by atomic mass is 9.69. The molecule has 2 bridgehead atoms. The molecule has 2 aliphatic carbocycles. The molecule has 5 aliphatic heterocycles. The molecule has 342 valence electrons. The fraction of sp³-hybridized carbons (Fsp3) is 0.509. The molecule has 2 saturated carbocycles. The van der Waals surface area contributed by atoms with Crippen molar-refractivity contribution >= 4 is 39.1 Å². The molecule has 12 rings (SSSR count). The second kappa shape index (κ2) is 16.6. The van der Waals surface area contributed by atoms with E-state index >= 15 is 4.39 Å². The number of hydrogen-bond donors (Lipinski definition) is 2. The van der Waals surface area contributed by atoms with Gasteiger partial charge >= 0.3 is 6.01 Å². The molecular weight excluding hydrogens is 830 g/mol. The van der Waals surface area contributed by atoms with E-state index in [-0.39, 0.29) is 34.3 Å². The summed E-state index contributed by atoms with van der Waals surface area (Å²) in [5.74, 6) is 5.22. The molecule has 7 aliphatic rings. The van der Waals surface area contributed by atoms with Gasteiger partial charge in [0.2, 0.25) is 0 Å². The van der Waals surface area contributed by atoms with Crippen molar-refractivity contribution in [1.82, 2.24) is 35.0 Å². The Morgan fingerprint density at radius 1 is 0.909 bits per heavy atom. The number of phenols is 1. The number of terminal acetylenes is 1. The number of aromatic hydroxyl groups is 1. The van der Waals surface area contributed by atoms with Crippen LogP contribution in [0.3, 0.4) is 0 Å². The zero-order chi connectivity index (χ0) is 44.7. The average Bonchev–Trinajstić information content (AvgIpc) is 4.05. The first-order valence-corrected chi connectivity index (χ1v) is 24.5. The Morgan fingerprint density at radius 3 is 2.39 bits per heavy atom. The second-order valence-electron chi connectivity index (χ2n) is 20.9. The van der Waals surface area contributed by atoms with Gasteiger partial charge in [-0.25, -0.2) is 4.39 Å². The molecule has 4 atom stereocenters. The number of pyridine rings is 1. The number of amides is 1. The summed E-state index contributed by atoms with van der Waals surface area (Å²) in [4.78, 5) is 39.0. The molecule has 6 fully saturated rings. The number of piperazine rings is 2. The highest BCUT2D eigenvalue weighted by Crippen LogP contribution is 2.48. The molecule has 3 aromatic carbocycles. The lowest BCUT2D eigenvalue weighted by Crippen LogP contribution is -2.56. The normalized spacial score (nSPS) is 25.3. The lowest BCUT2D eigenvalue weighted by molar-refractivity contribution is 0.0816. The van der Waals surface area contributed by atoms with Crippen molar-refractivity contribution in [2.24, 2.45) is 23.2 Å². The summed E-state index contributed by atoms with van der Waals surface area (Å²) >= 11 is 0. The van der Waals surface area contributed by atoms with E-state index in [0.29, 0.717) is 64.3 Å². The van der Waals surface area contributed by atoms with Crippen LogP contribution in [0.25, 0.3) is 32.9 Å². The highest BCUT2D eigenvalue weighted by Gasteiger charge is 2.46. The predicted molar refractivity (Wildman–Crippen MR) is 255 cm³/mol. The topological polar surface area (TPSA) is 113 Å². The van der Waals surface area contributed by atoms with Crippen LogP contribution in [-0.2, 0) is 6.54 Å². The van der Waals surface area contributed by atoms with Crippen molar-refractivity contribution in [3.8, 4) is 35.4 Å². The predicted octanol–water partition coefficient (Wildman–Crippen LogP) is 6.92. The maximum Gasteiger partial charge on any atom is 0.319 e. The quantitative estimate of drug-likeness (QED) is 0.143. The summed E-state index contributed by atoms with van der Waals surface area (Å²) in [7, 11) is 1.88. The summed E-state index contributed by atoms with van der Waals surface area (Å²) in [5.41, 5.74) is 4.53. The van der Waals surface area contributed by atoms with Crippen LogP contribution >= 0.6 is 0 Å². The summed E-state index contributed by atoms with van der Waals surface area (Å²) in [6.07, 6.45) is 17.1. The minimum atomic E-state index is -0.583. The van der Waals surface area contributed by atoms with Gasteiger partial charge in [0.15, 0.2) is 5.82 Å². The number of nitrogens with zero attached hydrogens (tertiary/aromatic N) is 8. The van der Waals surface area contributed by atoms with Crippen LogP contribution in [0.2, 0.25) is 0 Å². The second-order valence-corrected chi connectivity index (χ2v) is 20.9. The fourth-order valence-corrected chi connectivity index (χ4v) is 12.5. The SMILES string of the molecule is C#Cc1cccc2cc(O)cc(-c3ncc4c(N5CC6CC7CCC7CC(C5)N6)nc(OCC5(CN6CCN(CC7CCN(c8ccc9c(c8)CN(C)C9=O)CC7)CC6)CC5)nc4c3F)c12. The van der Waals surface area contributed by atoms with E-state index < -0.39 is 5.82 Å². The van der Waals surface area contributed by atoms with Crippen molar-refractivity contribution in [3.63, 3.8) is 0 Å². The number of piperidine rings is 1. The monoisotopic (exact) mass is 889 g/mol. The smallest absolute Gasteiger partial charge is 0.319 e. The van der Waals surface area contributed by atoms with Gasteiger partial charge in [0, 0.05) is 130 Å². The molecule has 2 aromatic heterocycles. The van der Waals surface area contributed by atoms with Gasteiger partial charge in [-0.3, -0.25) is 9.78 Å². The van der Waals surface area contributed by atoms with E-state index in [4.69, 9.17) is 26.1 Å². The van der Waals surface area contributed by atoms with Crippen LogP contribution in [0.5, 0.6) is 11.8 Å². The van der Waals surface area contributed by atoms with Crippen LogP contribution in [0.1, 0.15) is 72.9 Å². The number of halogens is 1. The van der Waals surface area contributed by atoms with Gasteiger partial charge in [0.05, 0.1) is 12.0 Å². The fourth-order valence-electron chi connectivity index (χ4n) is 12.5. The van der Waals surface area contributed by atoms with Gasteiger partial charge in [0.25, 0.3) is 5.91 Å². The first-order valence-electron chi connectivity index (χ1n) is 24.5. The molecule has 4 saturated heterocycles. The summed E-state index contributed by atoms with van der Waals surface area (Å²) in [6, 6.07) is 16.0. The molecule has 0 spiro atoms. The highest BCUT2D eigenvalue weighted by atomic mass is 19.1. The van der Waals surface area contributed by atoms with Crippen LogP contribution in [0.15, 0.2) is 54.7 Å². The van der Waals surface area contributed by atoms with Crippen molar-refractivity contribution in [1.29, 1.82) is 0 Å². The third kappa shape index (κ3) is 7.78. The number of carbonyl (C=O) groups excluding carboxylic acids is 1. The van der Waals surface area contributed by atoms with E-state index in [1.165, 1.54) is 37.4 Å². The standard InChI is InChI=1S/C53H60FN9O3/c1-3-34-5-4-6-37-24-42(64)25-44(46(34)37)48-47(54)49-45(26-55-48)50(63-29-39-21-35-7-8-36(35)22-40(30-63)56-39)58-52(57-49)66-32-53(13-14-53)31-61-19-17-60(18-20-61)27-33-11-15-62(16-12-33)41-9-10-43-38(23-41)28-59(2)51(43)65/h1,4-6,9-10,23-26,33,35-36,39-40,56,64H,7-8,11-22,27-32H2,2H3. The molecule has 1 amide bonds. The number of phenolic OH excluding ortho intramolecular Hbond substituents is 1. The summed E-state index contributed by atoms with van der Waals surface area (Å²) in [6.45, 7) is 11.2. The molecule has 2 N–H and O–H groups in total. The van der Waals surface area contributed by atoms with Gasteiger partial charge in [0.1, 0.15) is 22.8 Å². The van der Waals surface area contributed by atoms with E-state index in [2.05, 4.69) is 43.0 Å². The number of rotatable bonds is 10. The number of nitrogens with one attached hydrogen (secondary N) is 1. The summed E-state index contributed by atoms with van der Waals surface area (Å²) in [5, 5.41) is 16.6. The van der Waals surface area contributed by atoms with Crippen molar-refractivity contribution in [2.45, 2.75) is 70.0 Å². The number of fused-ring (bicyclic) bond motifs is 6. The van der Waals surface area contributed by atoms with E-state index in [1.807, 2.05) is 31.3 Å². The molecular formula is C53H60FN9O3. The molecule has 7 heterocycles. The van der Waals surface area contributed by atoms with Gasteiger partial charge in [-0.2, -0.15) is 9.97 Å². The number of anilines is 2. The highest BCUT2D eigenvalue weighted by molar-refractivity contribution is 6.03. The Balaban J connectivity index is 0.734. The molecule has 4 unspecified atom stereocenters. The maximum absolute atomic E-state index is 17.3. The van der Waals surface area contributed by atoms with Crippen LogP contribution in [0.4, 0.5) is 15.9 Å². The first-order chi connectivity index (χ1) is 32.2. The Bertz CT molecular complexity index is 2740. The van der Waals surface area contributed by atoms with Gasteiger partial charge in [-0.15, -0.1) is 6.42 Å². The number of ether oxygens (including phenoxy) is 1. The maximum atomic E-state index is 17.3. The molecule has 5 aromatic rings. The Morgan fingerprint density at radius 2 is 1.67 bits per heavy atom. The summed E-state index contributed by atoms with van der Waals surface area (Å²) < 4.78 is 23.9. The number of carbonyl (C=O) groups is 1. The number of benzene rings is 3. The van der Waals surface area contributed by atoms with E-state index in [1.54, 1.807) is 17.2 Å². The van der Waals surface area contributed by atoms with Gasteiger partial charge in [-0.05, 0) is 116 Å². The first kappa shape index (κ1) is 41.9. The van der Waals surface area contributed by atoms with Gasteiger partial charge in [-0.1, -0.05) is 18.1 Å². The van der Waals surface area contributed by atoms with E-state index in [0.717, 1.165) is 114 Å². The van der Waals surface area contributed by atoms with Crippen LogP contribution in [-0.4, -0.2) is 132 Å². The van der Waals surface area contributed by atoms with Crippen LogP contribution in [0, 0.1) is 41.3 Å². The molecule has 0 radical (unpaired) electrons. The number of aromatic nitrogens is 3. The van der Waals surface area contributed by atoms with Crippen LogP contribution < -0.4 is 19.9 Å². The Labute approximate surface area is 386 Å². The lowest BCUT2D eigenvalue weighted by Gasteiger charge is -2.40. The Hall–Kier alpha value is -5.55. The zero-order valence-corrected chi connectivity index (χ0v) is 38.0.